The first-order valence-corrected chi connectivity index (χ1v) is 6.53. The first-order valence-electron chi connectivity index (χ1n) is 6.53. The molecule has 0 saturated carbocycles. The molecule has 0 radical (unpaired) electrons. The van der Waals surface area contributed by atoms with Crippen molar-refractivity contribution < 1.29 is 27.5 Å². The summed E-state index contributed by atoms with van der Waals surface area (Å²) in [4.78, 5) is 22.5. The van der Waals surface area contributed by atoms with Gasteiger partial charge in [-0.15, -0.1) is 13.2 Å². The fourth-order valence-corrected chi connectivity index (χ4v) is 1.77. The quantitative estimate of drug-likeness (QED) is 0.842. The molecule has 1 aromatic rings. The molecule has 0 aliphatic rings. The van der Waals surface area contributed by atoms with E-state index >= 15 is 0 Å². The summed E-state index contributed by atoms with van der Waals surface area (Å²) >= 11 is 0. The highest BCUT2D eigenvalue weighted by atomic mass is 19.4. The van der Waals surface area contributed by atoms with Gasteiger partial charge in [-0.25, -0.2) is 0 Å². The second-order valence-electron chi connectivity index (χ2n) is 4.91. The van der Waals surface area contributed by atoms with Crippen molar-refractivity contribution in [1.29, 1.82) is 0 Å². The normalized spacial score (nSPS) is 14.0. The molecular formula is C14H17F3N2O3. The predicted octanol–water partition coefficient (Wildman–Crippen LogP) is 2.07. The highest BCUT2D eigenvalue weighted by Crippen LogP contribution is 2.26. The van der Waals surface area contributed by atoms with Gasteiger partial charge >= 0.3 is 6.36 Å². The van der Waals surface area contributed by atoms with Crippen molar-refractivity contribution in [3.05, 3.63) is 29.8 Å². The number of carbonyl (C=O) groups is 2. The molecule has 5 nitrogen and oxygen atoms in total. The Morgan fingerprint density at radius 2 is 1.77 bits per heavy atom. The number of alkyl halides is 3. The molecule has 1 aromatic carbocycles. The molecular weight excluding hydrogens is 301 g/mol. The molecule has 122 valence electrons. The van der Waals surface area contributed by atoms with E-state index in [0.717, 1.165) is 0 Å². The third-order valence-corrected chi connectivity index (χ3v) is 2.98. The Balaban J connectivity index is 2.60. The summed E-state index contributed by atoms with van der Waals surface area (Å²) in [5.41, 5.74) is 5.71. The molecule has 0 heterocycles. The number of primary amides is 1. The van der Waals surface area contributed by atoms with Crippen LogP contribution in [0.2, 0.25) is 0 Å². The minimum absolute atomic E-state index is 0.0805. The lowest BCUT2D eigenvalue weighted by atomic mass is 9.97. The Labute approximate surface area is 125 Å². The maximum atomic E-state index is 12.0. The van der Waals surface area contributed by atoms with Gasteiger partial charge < -0.3 is 15.8 Å². The number of carbonyl (C=O) groups excluding carboxylic acids is 2. The van der Waals surface area contributed by atoms with Gasteiger partial charge in [0.25, 0.3) is 0 Å². The molecule has 8 heteroatoms. The van der Waals surface area contributed by atoms with E-state index < -0.39 is 18.3 Å². The van der Waals surface area contributed by atoms with Crippen LogP contribution in [0.3, 0.4) is 0 Å². The van der Waals surface area contributed by atoms with Gasteiger partial charge in [0, 0.05) is 6.42 Å². The number of nitrogens with one attached hydrogen (secondary N) is 1. The van der Waals surface area contributed by atoms with Crippen LogP contribution in [0, 0.1) is 0 Å². The van der Waals surface area contributed by atoms with E-state index in [1.165, 1.54) is 31.2 Å². The molecule has 2 unspecified atom stereocenters. The third-order valence-electron chi connectivity index (χ3n) is 2.98. The van der Waals surface area contributed by atoms with Gasteiger partial charge in [0.2, 0.25) is 11.8 Å². The van der Waals surface area contributed by atoms with E-state index in [1.54, 1.807) is 6.92 Å². The lowest BCUT2D eigenvalue weighted by Gasteiger charge is -2.15. The third kappa shape index (κ3) is 6.02. The molecule has 0 aromatic heterocycles. The standard InChI is InChI=1S/C14H17F3N2O3/c1-8(7-12(20)19-9(2)13(18)21)10-3-5-11(6-4-10)22-14(15,16)17/h3-6,8-9H,7H2,1-2H3,(H2,18,21)(H,19,20). The lowest BCUT2D eigenvalue weighted by molar-refractivity contribution is -0.274. The summed E-state index contributed by atoms with van der Waals surface area (Å²) in [6, 6.07) is 4.50. The molecule has 1 rings (SSSR count). The van der Waals surface area contributed by atoms with Crippen molar-refractivity contribution in [2.45, 2.75) is 38.6 Å². The average Bonchev–Trinajstić information content (AvgIpc) is 2.37. The zero-order valence-electron chi connectivity index (χ0n) is 12.1. The van der Waals surface area contributed by atoms with Crippen molar-refractivity contribution in [3.63, 3.8) is 0 Å². The van der Waals surface area contributed by atoms with E-state index in [1.807, 2.05) is 0 Å². The summed E-state index contributed by atoms with van der Waals surface area (Å²) in [5.74, 6) is -1.57. The highest BCUT2D eigenvalue weighted by molar-refractivity contribution is 5.86. The first-order chi connectivity index (χ1) is 10.1. The number of nitrogens with two attached hydrogens (primary N) is 1. The largest absolute Gasteiger partial charge is 0.573 e. The van der Waals surface area contributed by atoms with E-state index in [4.69, 9.17) is 5.73 Å². The number of hydrogen-bond acceptors (Lipinski definition) is 3. The average molecular weight is 318 g/mol. The van der Waals surface area contributed by atoms with Crippen LogP contribution in [0.1, 0.15) is 31.7 Å². The molecule has 3 N–H and O–H groups in total. The van der Waals surface area contributed by atoms with Gasteiger partial charge in [0.15, 0.2) is 0 Å². The van der Waals surface area contributed by atoms with Crippen LogP contribution < -0.4 is 15.8 Å². The van der Waals surface area contributed by atoms with Crippen LogP contribution in [0.25, 0.3) is 0 Å². The zero-order valence-corrected chi connectivity index (χ0v) is 12.1. The van der Waals surface area contributed by atoms with E-state index in [-0.39, 0.29) is 24.0 Å². The van der Waals surface area contributed by atoms with Crippen molar-refractivity contribution in [2.24, 2.45) is 5.73 Å². The van der Waals surface area contributed by atoms with Crippen LogP contribution >= 0.6 is 0 Å². The molecule has 2 atom stereocenters. The topological polar surface area (TPSA) is 81.4 Å². The van der Waals surface area contributed by atoms with Crippen LogP contribution in [0.5, 0.6) is 5.75 Å². The fraction of sp³-hybridized carbons (Fsp3) is 0.429. The zero-order chi connectivity index (χ0) is 16.9. The van der Waals surface area contributed by atoms with E-state index in [9.17, 15) is 22.8 Å². The number of ether oxygens (including phenoxy) is 1. The predicted molar refractivity (Wildman–Crippen MR) is 73.0 cm³/mol. The molecule has 0 aliphatic heterocycles. The van der Waals surface area contributed by atoms with E-state index in [2.05, 4.69) is 10.1 Å². The summed E-state index contributed by atoms with van der Waals surface area (Å²) in [7, 11) is 0. The summed E-state index contributed by atoms with van der Waals surface area (Å²) in [6.07, 6.45) is -4.66. The molecule has 0 saturated heterocycles. The summed E-state index contributed by atoms with van der Waals surface area (Å²) in [5, 5.41) is 2.44. The Morgan fingerprint density at radius 1 is 1.23 bits per heavy atom. The summed E-state index contributed by atoms with van der Waals surface area (Å²) < 4.78 is 39.9. The second kappa shape index (κ2) is 7.15. The Kier molecular flexibility index (Phi) is 5.78. The van der Waals surface area contributed by atoms with Gasteiger partial charge in [-0.1, -0.05) is 19.1 Å². The molecule has 2 amide bonds. The Morgan fingerprint density at radius 3 is 2.23 bits per heavy atom. The first kappa shape index (κ1) is 17.8. The number of halogens is 3. The van der Waals surface area contributed by atoms with Gasteiger partial charge in [0.1, 0.15) is 11.8 Å². The maximum Gasteiger partial charge on any atom is 0.573 e. The highest BCUT2D eigenvalue weighted by Gasteiger charge is 2.31. The van der Waals surface area contributed by atoms with E-state index in [0.29, 0.717) is 5.56 Å². The Hall–Kier alpha value is -2.25. The SMILES string of the molecule is CC(NC(=O)CC(C)c1ccc(OC(F)(F)F)cc1)C(N)=O. The molecule has 0 fully saturated rings. The maximum absolute atomic E-state index is 12.0. The van der Waals surface area contributed by atoms with Crippen molar-refractivity contribution in [3.8, 4) is 5.75 Å². The second-order valence-corrected chi connectivity index (χ2v) is 4.91. The molecule has 0 aliphatic carbocycles. The van der Waals surface area contributed by atoms with Crippen molar-refractivity contribution >= 4 is 11.8 Å². The van der Waals surface area contributed by atoms with Crippen LogP contribution in [-0.2, 0) is 9.59 Å². The van der Waals surface area contributed by atoms with Crippen molar-refractivity contribution in [1.82, 2.24) is 5.32 Å². The number of rotatable bonds is 6. The van der Waals surface area contributed by atoms with Crippen molar-refractivity contribution in [2.75, 3.05) is 0 Å². The summed E-state index contributed by atoms with van der Waals surface area (Å²) in [6.45, 7) is 3.21. The molecule has 0 spiro atoms. The number of hydrogen-bond donors (Lipinski definition) is 2. The molecule has 22 heavy (non-hydrogen) atoms. The monoisotopic (exact) mass is 318 g/mol. The minimum atomic E-state index is -4.74. The Bertz CT molecular complexity index is 529. The number of benzene rings is 1. The van der Waals surface area contributed by atoms with Gasteiger partial charge in [0.05, 0.1) is 0 Å². The van der Waals surface area contributed by atoms with Gasteiger partial charge in [-0.05, 0) is 30.5 Å². The fourth-order valence-electron chi connectivity index (χ4n) is 1.77. The van der Waals surface area contributed by atoms with Crippen LogP contribution in [0.4, 0.5) is 13.2 Å². The molecule has 0 bridgehead atoms. The lowest BCUT2D eigenvalue weighted by Crippen LogP contribution is -2.42. The minimum Gasteiger partial charge on any atom is -0.406 e. The number of amides is 2. The van der Waals surface area contributed by atoms with Crippen LogP contribution in [0.15, 0.2) is 24.3 Å². The van der Waals surface area contributed by atoms with Gasteiger partial charge in [-0.3, -0.25) is 9.59 Å². The van der Waals surface area contributed by atoms with Gasteiger partial charge in [-0.2, -0.15) is 0 Å². The smallest absolute Gasteiger partial charge is 0.406 e. The van der Waals surface area contributed by atoms with Crippen LogP contribution in [-0.4, -0.2) is 24.2 Å².